The molecule has 5 aromatic rings. The number of methoxy groups -OCH3 is 1. The van der Waals surface area contributed by atoms with Gasteiger partial charge in [0.15, 0.2) is 0 Å². The number of aromatic nitrogens is 5. The van der Waals surface area contributed by atoms with Crippen LogP contribution in [0.5, 0.6) is 5.75 Å². The Labute approximate surface area is 200 Å². The predicted octanol–water partition coefficient (Wildman–Crippen LogP) is 5.15. The van der Waals surface area contributed by atoms with Crippen LogP contribution in [0.15, 0.2) is 59.4 Å². The van der Waals surface area contributed by atoms with E-state index < -0.39 is 0 Å². The van der Waals surface area contributed by atoms with Gasteiger partial charge in [0, 0.05) is 35.8 Å². The lowest BCUT2D eigenvalue weighted by Gasteiger charge is -2.20. The molecular formula is C26H23N5O2S. The first kappa shape index (κ1) is 20.9. The fraction of sp³-hybridized carbons (Fsp3) is 0.269. The Bertz CT molecular complexity index is 1590. The van der Waals surface area contributed by atoms with Crippen molar-refractivity contribution in [2.45, 2.75) is 38.1 Å². The number of rotatable bonds is 6. The zero-order chi connectivity index (χ0) is 23.2. The second-order valence-electron chi connectivity index (χ2n) is 8.79. The van der Waals surface area contributed by atoms with Crippen molar-refractivity contribution >= 4 is 32.5 Å². The summed E-state index contributed by atoms with van der Waals surface area (Å²) < 4.78 is 7.38. The lowest BCUT2D eigenvalue weighted by atomic mass is 9.95. The number of pyridine rings is 2. The lowest BCUT2D eigenvalue weighted by molar-refractivity contribution is 0.413. The van der Waals surface area contributed by atoms with E-state index in [0.717, 1.165) is 56.5 Å². The molecule has 1 aromatic carbocycles. The second-order valence-corrected chi connectivity index (χ2v) is 9.62. The molecule has 0 saturated heterocycles. The molecule has 8 heteroatoms. The van der Waals surface area contributed by atoms with Crippen LogP contribution in [0.1, 0.15) is 43.1 Å². The van der Waals surface area contributed by atoms with Crippen LogP contribution >= 0.6 is 11.3 Å². The van der Waals surface area contributed by atoms with Gasteiger partial charge in [-0.3, -0.25) is 9.78 Å². The van der Waals surface area contributed by atoms with Gasteiger partial charge >= 0.3 is 0 Å². The Morgan fingerprint density at radius 2 is 2.06 bits per heavy atom. The molecule has 1 atom stereocenters. The van der Waals surface area contributed by atoms with Crippen molar-refractivity contribution in [2.75, 3.05) is 7.11 Å². The van der Waals surface area contributed by atoms with Crippen LogP contribution in [0.4, 0.5) is 0 Å². The van der Waals surface area contributed by atoms with Crippen LogP contribution in [0.3, 0.4) is 0 Å². The monoisotopic (exact) mass is 469 g/mol. The van der Waals surface area contributed by atoms with Crippen LogP contribution < -0.4 is 10.3 Å². The average molecular weight is 470 g/mol. The van der Waals surface area contributed by atoms with Gasteiger partial charge in [0.2, 0.25) is 0 Å². The van der Waals surface area contributed by atoms with E-state index in [1.165, 1.54) is 11.3 Å². The molecule has 0 spiro atoms. The molecule has 4 heterocycles. The zero-order valence-corrected chi connectivity index (χ0v) is 19.7. The maximum Gasteiger partial charge on any atom is 0.259 e. The number of fused-ring (bicyclic) bond motifs is 2. The summed E-state index contributed by atoms with van der Waals surface area (Å²) in [7, 11) is 1.62. The van der Waals surface area contributed by atoms with E-state index in [1.54, 1.807) is 31.3 Å². The summed E-state index contributed by atoms with van der Waals surface area (Å²) in [6.07, 6.45) is 7.80. The topological polar surface area (TPSA) is 82.8 Å². The van der Waals surface area contributed by atoms with Gasteiger partial charge in [-0.15, -0.1) is 11.3 Å². The summed E-state index contributed by atoms with van der Waals surface area (Å²) in [5.74, 6) is 0.764. The van der Waals surface area contributed by atoms with Crippen molar-refractivity contribution in [1.29, 1.82) is 0 Å². The van der Waals surface area contributed by atoms with Gasteiger partial charge in [-0.25, -0.2) is 15.0 Å². The molecule has 0 radical (unpaired) electrons. The highest BCUT2D eigenvalue weighted by Crippen LogP contribution is 2.39. The molecule has 0 unspecified atom stereocenters. The molecule has 0 aliphatic heterocycles. The molecule has 4 aromatic heterocycles. The molecule has 34 heavy (non-hydrogen) atoms. The lowest BCUT2D eigenvalue weighted by Crippen LogP contribution is -2.25. The summed E-state index contributed by atoms with van der Waals surface area (Å²) in [5, 5.41) is 1.66. The molecule has 1 aliphatic carbocycles. The largest absolute Gasteiger partial charge is 0.495 e. The second kappa shape index (κ2) is 8.29. The molecule has 1 aliphatic rings. The summed E-state index contributed by atoms with van der Waals surface area (Å²) in [4.78, 5) is 32.5. The van der Waals surface area contributed by atoms with E-state index in [-0.39, 0.29) is 17.5 Å². The summed E-state index contributed by atoms with van der Waals surface area (Å²) >= 11 is 1.52. The minimum atomic E-state index is 0.0572. The molecule has 170 valence electrons. The van der Waals surface area contributed by atoms with Gasteiger partial charge in [-0.1, -0.05) is 25.1 Å². The molecule has 0 amide bonds. The van der Waals surface area contributed by atoms with Crippen molar-refractivity contribution in [3.8, 4) is 16.9 Å². The first-order valence-corrected chi connectivity index (χ1v) is 12.2. The van der Waals surface area contributed by atoms with E-state index in [9.17, 15) is 4.79 Å². The average Bonchev–Trinajstić information content (AvgIpc) is 3.58. The van der Waals surface area contributed by atoms with E-state index in [4.69, 9.17) is 4.74 Å². The smallest absolute Gasteiger partial charge is 0.259 e. The Balaban J connectivity index is 1.50. The van der Waals surface area contributed by atoms with Gasteiger partial charge in [-0.2, -0.15) is 0 Å². The van der Waals surface area contributed by atoms with Crippen LogP contribution in [-0.4, -0.2) is 31.6 Å². The minimum Gasteiger partial charge on any atom is -0.495 e. The number of benzene rings is 1. The normalized spacial score (nSPS) is 14.5. The van der Waals surface area contributed by atoms with Crippen LogP contribution in [0, 0.1) is 0 Å². The van der Waals surface area contributed by atoms with Crippen molar-refractivity contribution < 1.29 is 4.74 Å². The van der Waals surface area contributed by atoms with Crippen molar-refractivity contribution in [3.63, 3.8) is 0 Å². The first-order chi connectivity index (χ1) is 16.6. The summed E-state index contributed by atoms with van der Waals surface area (Å²) in [5.41, 5.74) is 6.43. The van der Waals surface area contributed by atoms with Gasteiger partial charge in [-0.05, 0) is 35.9 Å². The Hall–Kier alpha value is -3.65. The Morgan fingerprint density at radius 3 is 2.88 bits per heavy atom. The van der Waals surface area contributed by atoms with Crippen molar-refractivity contribution in [2.24, 2.45) is 0 Å². The third-order valence-corrected chi connectivity index (χ3v) is 7.23. The fourth-order valence-corrected chi connectivity index (χ4v) is 5.34. The maximum absolute atomic E-state index is 14.0. The zero-order valence-electron chi connectivity index (χ0n) is 18.9. The van der Waals surface area contributed by atoms with Gasteiger partial charge in [0.25, 0.3) is 5.56 Å². The van der Waals surface area contributed by atoms with Crippen LogP contribution in [0.25, 0.3) is 32.2 Å². The minimum absolute atomic E-state index is 0.0572. The highest BCUT2D eigenvalue weighted by molar-refractivity contribution is 7.16. The first-order valence-electron chi connectivity index (χ1n) is 11.3. The molecule has 1 saturated carbocycles. The van der Waals surface area contributed by atoms with Gasteiger partial charge in [0.05, 0.1) is 29.9 Å². The highest BCUT2D eigenvalue weighted by atomic mass is 32.1. The number of ether oxygens (including phenoxy) is 1. The van der Waals surface area contributed by atoms with Gasteiger partial charge in [0.1, 0.15) is 22.4 Å². The number of nitrogens with zero attached hydrogens (tertiary/aromatic N) is 5. The molecule has 0 bridgehead atoms. The summed E-state index contributed by atoms with van der Waals surface area (Å²) in [6, 6.07) is 10.3. The third kappa shape index (κ3) is 3.54. The quantitative estimate of drug-likeness (QED) is 0.342. The highest BCUT2D eigenvalue weighted by Gasteiger charge is 2.30. The standard InChI is InChI=1S/C26H23N5O2S/c1-15(8-21-24-25(29-13-28-21)34-14-30-24)22-10-16-4-3-5-20(17-9-19(33-2)12-27-11-17)23(16)26(32)31(22)18-6-7-18/h3-5,9-15,18H,6-8H2,1-2H3/t15-/m1/s1. The van der Waals surface area contributed by atoms with Crippen LogP contribution in [0.2, 0.25) is 0 Å². The van der Waals surface area contributed by atoms with Crippen molar-refractivity contribution in [3.05, 3.63) is 76.3 Å². The number of thiazole rings is 1. The number of hydrogen-bond donors (Lipinski definition) is 0. The molecular weight excluding hydrogens is 446 g/mol. The molecule has 6 rings (SSSR count). The molecule has 1 fully saturated rings. The van der Waals surface area contributed by atoms with E-state index in [0.29, 0.717) is 12.2 Å². The molecule has 7 nitrogen and oxygen atoms in total. The third-order valence-electron chi connectivity index (χ3n) is 6.50. The van der Waals surface area contributed by atoms with Crippen LogP contribution in [-0.2, 0) is 6.42 Å². The van der Waals surface area contributed by atoms with E-state index >= 15 is 0 Å². The predicted molar refractivity (Wildman–Crippen MR) is 134 cm³/mol. The fourth-order valence-electron chi connectivity index (χ4n) is 4.69. The Morgan fingerprint density at radius 1 is 1.18 bits per heavy atom. The van der Waals surface area contributed by atoms with Gasteiger partial charge < -0.3 is 9.30 Å². The molecule has 0 N–H and O–H groups in total. The maximum atomic E-state index is 14.0. The SMILES string of the molecule is COc1cncc(-c2cccc3cc([C@H](C)Cc4ncnc5scnc45)n(C4CC4)c(=O)c23)c1. The number of hydrogen-bond acceptors (Lipinski definition) is 7. The van der Waals surface area contributed by atoms with Crippen molar-refractivity contribution in [1.82, 2.24) is 24.5 Å². The van der Waals surface area contributed by atoms with E-state index in [2.05, 4.69) is 32.9 Å². The van der Waals surface area contributed by atoms with E-state index in [1.807, 2.05) is 28.8 Å². The Kier molecular flexibility index (Phi) is 5.10. The summed E-state index contributed by atoms with van der Waals surface area (Å²) in [6.45, 7) is 2.16.